The monoisotopic (exact) mass is 227 g/mol. The molecule has 3 atom stereocenters. The maximum absolute atomic E-state index is 11.3. The Morgan fingerprint density at radius 3 is 2.88 bits per heavy atom. The molecule has 0 amide bonds. The number of fused-ring (bicyclic) bond motifs is 1. The van der Waals surface area contributed by atoms with E-state index in [0.717, 1.165) is 24.8 Å². The summed E-state index contributed by atoms with van der Waals surface area (Å²) in [7, 11) is 0. The van der Waals surface area contributed by atoms with Crippen LogP contribution in [0, 0.1) is 23.2 Å². The summed E-state index contributed by atoms with van der Waals surface area (Å²) in [5.74, 6) is -0.664. The van der Waals surface area contributed by atoms with Crippen LogP contribution in [0.2, 0.25) is 0 Å². The quantitative estimate of drug-likeness (QED) is 0.843. The lowest BCUT2D eigenvalue weighted by Crippen LogP contribution is -2.48. The summed E-state index contributed by atoms with van der Waals surface area (Å²) in [6.45, 7) is 0. The van der Waals surface area contributed by atoms with Crippen LogP contribution in [0.25, 0.3) is 0 Å². The Morgan fingerprint density at radius 2 is 2.24 bits per heavy atom. The van der Waals surface area contributed by atoms with Crippen LogP contribution in [-0.2, 0) is 10.2 Å². The Kier molecular flexibility index (Phi) is 2.03. The minimum atomic E-state index is -0.702. The molecule has 3 aliphatic carbocycles. The molecule has 3 unspecified atom stereocenters. The van der Waals surface area contributed by atoms with E-state index < -0.39 is 5.97 Å². The largest absolute Gasteiger partial charge is 0.481 e. The molecule has 0 heterocycles. The van der Waals surface area contributed by atoms with Crippen LogP contribution in [-0.4, -0.2) is 11.1 Å². The Labute approximate surface area is 99.7 Å². The van der Waals surface area contributed by atoms with Crippen molar-refractivity contribution in [3.8, 4) is 6.07 Å². The molecule has 3 fully saturated rings. The number of hydrogen-bond donors (Lipinski definition) is 1. The fourth-order valence-corrected chi connectivity index (χ4v) is 3.84. The van der Waals surface area contributed by atoms with E-state index >= 15 is 0 Å². The van der Waals surface area contributed by atoms with Crippen LogP contribution in [0.15, 0.2) is 24.3 Å². The third-order valence-electron chi connectivity index (χ3n) is 4.50. The Balaban J connectivity index is 2.10. The molecule has 17 heavy (non-hydrogen) atoms. The molecule has 4 rings (SSSR count). The second-order valence-corrected chi connectivity index (χ2v) is 5.13. The lowest BCUT2D eigenvalue weighted by atomic mass is 9.56. The number of carboxylic acids is 1. The summed E-state index contributed by atoms with van der Waals surface area (Å²) < 4.78 is 0. The minimum absolute atomic E-state index is 0.261. The Bertz CT molecular complexity index is 527. The molecule has 0 aromatic heterocycles. The summed E-state index contributed by atoms with van der Waals surface area (Å²) in [5, 5.41) is 18.5. The molecule has 3 aliphatic rings. The highest BCUT2D eigenvalue weighted by atomic mass is 16.4. The highest BCUT2D eigenvalue weighted by Crippen LogP contribution is 2.64. The molecule has 1 aromatic carbocycles. The minimum Gasteiger partial charge on any atom is -0.481 e. The van der Waals surface area contributed by atoms with Crippen molar-refractivity contribution < 1.29 is 9.90 Å². The molecule has 86 valence electrons. The topological polar surface area (TPSA) is 61.1 Å². The van der Waals surface area contributed by atoms with E-state index in [1.165, 1.54) is 0 Å². The smallest absolute Gasteiger partial charge is 0.307 e. The standard InChI is InChI=1S/C14H13NO2/c15-8-10-3-1-2-4-11(10)14-6-5-9(7-14)12(14)13(16)17/h1-4,9,12H,5-7H2,(H,16,17). The summed E-state index contributed by atoms with van der Waals surface area (Å²) >= 11 is 0. The molecule has 3 nitrogen and oxygen atoms in total. The molecule has 3 heteroatoms. The number of benzene rings is 1. The highest BCUT2D eigenvalue weighted by Gasteiger charge is 2.63. The second kappa shape index (κ2) is 3.33. The number of nitrogens with zero attached hydrogens (tertiary/aromatic N) is 1. The van der Waals surface area contributed by atoms with Gasteiger partial charge >= 0.3 is 5.97 Å². The van der Waals surface area contributed by atoms with Crippen LogP contribution < -0.4 is 0 Å². The van der Waals surface area contributed by atoms with Gasteiger partial charge in [0.1, 0.15) is 0 Å². The van der Waals surface area contributed by atoms with E-state index in [1.807, 2.05) is 18.2 Å². The summed E-state index contributed by atoms with van der Waals surface area (Å²) in [4.78, 5) is 11.3. The van der Waals surface area contributed by atoms with Gasteiger partial charge in [-0.3, -0.25) is 4.79 Å². The third kappa shape index (κ3) is 1.18. The van der Waals surface area contributed by atoms with Gasteiger partial charge in [0.25, 0.3) is 0 Å². The van der Waals surface area contributed by atoms with Gasteiger partial charge in [0, 0.05) is 5.41 Å². The van der Waals surface area contributed by atoms with Gasteiger partial charge in [0.2, 0.25) is 0 Å². The highest BCUT2D eigenvalue weighted by molar-refractivity contribution is 5.76. The molecule has 0 radical (unpaired) electrons. The van der Waals surface area contributed by atoms with Crippen LogP contribution >= 0.6 is 0 Å². The molecule has 2 bridgehead atoms. The number of carboxylic acid groups (broad SMARTS) is 1. The zero-order chi connectivity index (χ0) is 12.0. The molecule has 1 aromatic rings. The van der Waals surface area contributed by atoms with Gasteiger partial charge in [0.05, 0.1) is 17.6 Å². The summed E-state index contributed by atoms with van der Waals surface area (Å²) in [6, 6.07) is 9.63. The predicted octanol–water partition coefficient (Wildman–Crippen LogP) is 2.31. The maximum atomic E-state index is 11.3. The first-order valence-electron chi connectivity index (χ1n) is 5.91. The zero-order valence-corrected chi connectivity index (χ0v) is 9.39. The van der Waals surface area contributed by atoms with Crippen LogP contribution in [0.5, 0.6) is 0 Å². The van der Waals surface area contributed by atoms with Crippen molar-refractivity contribution >= 4 is 5.97 Å². The molecular formula is C14H13NO2. The summed E-state index contributed by atoms with van der Waals surface area (Å²) in [5.41, 5.74) is 1.32. The molecular weight excluding hydrogens is 214 g/mol. The number of carbonyl (C=O) groups is 1. The maximum Gasteiger partial charge on any atom is 0.307 e. The van der Waals surface area contributed by atoms with Crippen molar-refractivity contribution in [3.05, 3.63) is 35.4 Å². The fraction of sp³-hybridized carbons (Fsp3) is 0.429. The number of aliphatic carboxylic acids is 1. The molecule has 0 spiro atoms. The third-order valence-corrected chi connectivity index (χ3v) is 4.50. The average molecular weight is 227 g/mol. The van der Waals surface area contributed by atoms with Crippen LogP contribution in [0.4, 0.5) is 0 Å². The lowest BCUT2D eigenvalue weighted by Gasteiger charge is -2.45. The van der Waals surface area contributed by atoms with Gasteiger partial charge in [-0.05, 0) is 36.8 Å². The normalized spacial score (nSPS) is 33.8. The molecule has 0 aliphatic heterocycles. The number of hydrogen-bond acceptors (Lipinski definition) is 2. The van der Waals surface area contributed by atoms with Crippen molar-refractivity contribution in [2.45, 2.75) is 24.7 Å². The first kappa shape index (κ1) is 10.3. The van der Waals surface area contributed by atoms with Gasteiger partial charge in [-0.2, -0.15) is 5.26 Å². The Hall–Kier alpha value is -1.82. The Morgan fingerprint density at radius 1 is 1.47 bits per heavy atom. The first-order chi connectivity index (χ1) is 8.19. The van der Waals surface area contributed by atoms with E-state index in [9.17, 15) is 9.90 Å². The van der Waals surface area contributed by atoms with E-state index in [2.05, 4.69) is 6.07 Å². The zero-order valence-electron chi connectivity index (χ0n) is 9.39. The van der Waals surface area contributed by atoms with E-state index in [0.29, 0.717) is 11.5 Å². The van der Waals surface area contributed by atoms with E-state index in [1.54, 1.807) is 6.07 Å². The fourth-order valence-electron chi connectivity index (χ4n) is 3.84. The lowest BCUT2D eigenvalue weighted by molar-refractivity contribution is -0.150. The van der Waals surface area contributed by atoms with E-state index in [-0.39, 0.29) is 11.3 Å². The SMILES string of the molecule is N#Cc1ccccc1C12CCC(C1)C2C(=O)O. The first-order valence-corrected chi connectivity index (χ1v) is 5.91. The van der Waals surface area contributed by atoms with Crippen LogP contribution in [0.3, 0.4) is 0 Å². The molecule has 3 saturated carbocycles. The molecule has 0 saturated heterocycles. The van der Waals surface area contributed by atoms with Crippen LogP contribution in [0.1, 0.15) is 30.4 Å². The van der Waals surface area contributed by atoms with Crippen molar-refractivity contribution in [2.75, 3.05) is 0 Å². The van der Waals surface area contributed by atoms with Crippen molar-refractivity contribution in [1.82, 2.24) is 0 Å². The number of rotatable bonds is 2. The number of nitriles is 1. The van der Waals surface area contributed by atoms with Crippen molar-refractivity contribution in [3.63, 3.8) is 0 Å². The van der Waals surface area contributed by atoms with Gasteiger partial charge in [-0.25, -0.2) is 0 Å². The van der Waals surface area contributed by atoms with Crippen molar-refractivity contribution in [2.24, 2.45) is 11.8 Å². The van der Waals surface area contributed by atoms with Crippen molar-refractivity contribution in [1.29, 1.82) is 5.26 Å². The van der Waals surface area contributed by atoms with Gasteiger partial charge in [-0.1, -0.05) is 18.2 Å². The van der Waals surface area contributed by atoms with Gasteiger partial charge in [-0.15, -0.1) is 0 Å². The molecule has 1 N–H and O–H groups in total. The van der Waals surface area contributed by atoms with Gasteiger partial charge in [0.15, 0.2) is 0 Å². The predicted molar refractivity (Wildman–Crippen MR) is 61.3 cm³/mol. The van der Waals surface area contributed by atoms with Gasteiger partial charge < -0.3 is 5.11 Å². The second-order valence-electron chi connectivity index (χ2n) is 5.13. The van der Waals surface area contributed by atoms with E-state index in [4.69, 9.17) is 5.26 Å². The summed E-state index contributed by atoms with van der Waals surface area (Å²) in [6.07, 6.45) is 2.83. The average Bonchev–Trinajstić information content (AvgIpc) is 2.87.